The Morgan fingerprint density at radius 2 is 1.49 bits per heavy atom. The minimum atomic E-state index is -4.26. The van der Waals surface area contributed by atoms with Crippen molar-refractivity contribution in [3.8, 4) is 5.75 Å². The van der Waals surface area contributed by atoms with E-state index in [1.165, 1.54) is 24.1 Å². The van der Waals surface area contributed by atoms with Gasteiger partial charge in [-0.2, -0.15) is 0 Å². The number of carbonyl (C=O) groups excluding carboxylic acids is 2. The van der Waals surface area contributed by atoms with E-state index in [-0.39, 0.29) is 29.8 Å². The predicted octanol–water partition coefficient (Wildman–Crippen LogP) is 7.59. The lowest BCUT2D eigenvalue weighted by Crippen LogP contribution is -2.55. The van der Waals surface area contributed by atoms with Crippen LogP contribution in [-0.2, 0) is 32.6 Å². The average molecular weight is 723 g/mol. The third-order valence-corrected chi connectivity index (χ3v) is 11.4. The summed E-state index contributed by atoms with van der Waals surface area (Å²) < 4.78 is 34.9. The molecule has 4 aromatic rings. The van der Waals surface area contributed by atoms with Crippen LogP contribution in [0.15, 0.2) is 102 Å². The number of nitrogens with zero attached hydrogens (tertiary/aromatic N) is 2. The molecule has 5 rings (SSSR count). The number of methoxy groups -OCH3 is 1. The fourth-order valence-electron chi connectivity index (χ4n) is 6.07. The summed E-state index contributed by atoms with van der Waals surface area (Å²) in [5.74, 6) is -0.409. The molecule has 0 saturated heterocycles. The Morgan fingerprint density at radius 1 is 0.857 bits per heavy atom. The molecule has 1 atom stereocenters. The Hall–Kier alpha value is -4.05. The van der Waals surface area contributed by atoms with Crippen LogP contribution in [0.5, 0.6) is 5.75 Å². The molecule has 2 amide bonds. The third-order valence-electron chi connectivity index (χ3n) is 8.86. The molecule has 0 aliphatic heterocycles. The smallest absolute Gasteiger partial charge is 0.264 e. The maximum atomic E-state index is 14.8. The van der Waals surface area contributed by atoms with Crippen molar-refractivity contribution in [2.75, 3.05) is 18.0 Å². The van der Waals surface area contributed by atoms with Crippen molar-refractivity contribution in [3.05, 3.63) is 124 Å². The van der Waals surface area contributed by atoms with Crippen molar-refractivity contribution >= 4 is 50.7 Å². The maximum absolute atomic E-state index is 14.8. The number of amides is 2. The van der Waals surface area contributed by atoms with Gasteiger partial charge in [-0.1, -0.05) is 96.6 Å². The summed E-state index contributed by atoms with van der Waals surface area (Å²) in [6.45, 7) is 1.20. The van der Waals surface area contributed by atoms with Gasteiger partial charge in [0.1, 0.15) is 18.3 Å². The Labute approximate surface area is 299 Å². The van der Waals surface area contributed by atoms with E-state index >= 15 is 0 Å². The first-order chi connectivity index (χ1) is 23.6. The minimum Gasteiger partial charge on any atom is -0.497 e. The summed E-state index contributed by atoms with van der Waals surface area (Å²) in [6.07, 6.45) is 5.06. The molecule has 0 aromatic heterocycles. The normalized spacial score (nSPS) is 14.1. The number of aryl methyl sites for hydroxylation is 1. The van der Waals surface area contributed by atoms with Crippen molar-refractivity contribution in [3.63, 3.8) is 0 Å². The van der Waals surface area contributed by atoms with E-state index in [2.05, 4.69) is 5.32 Å². The number of hydrogen-bond donors (Lipinski definition) is 1. The summed E-state index contributed by atoms with van der Waals surface area (Å²) >= 11 is 13.3. The van der Waals surface area contributed by atoms with E-state index in [1.807, 2.05) is 37.3 Å². The van der Waals surface area contributed by atoms with Crippen molar-refractivity contribution in [2.45, 2.75) is 69.0 Å². The zero-order chi connectivity index (χ0) is 35.0. The summed E-state index contributed by atoms with van der Waals surface area (Å²) in [4.78, 5) is 30.4. The average Bonchev–Trinajstić information content (AvgIpc) is 3.11. The molecule has 0 heterocycles. The molecule has 49 heavy (non-hydrogen) atoms. The summed E-state index contributed by atoms with van der Waals surface area (Å²) in [7, 11) is -2.76. The Bertz CT molecular complexity index is 1810. The second-order valence-corrected chi connectivity index (χ2v) is 15.0. The number of nitrogens with one attached hydrogen (secondary N) is 1. The van der Waals surface area contributed by atoms with Crippen LogP contribution in [0.4, 0.5) is 5.69 Å². The van der Waals surface area contributed by atoms with Crippen LogP contribution < -0.4 is 14.4 Å². The van der Waals surface area contributed by atoms with Crippen molar-refractivity contribution in [1.29, 1.82) is 0 Å². The zero-order valence-corrected chi connectivity index (χ0v) is 30.0. The molecule has 8 nitrogen and oxygen atoms in total. The molecule has 4 aromatic carbocycles. The monoisotopic (exact) mass is 721 g/mol. The number of sulfonamides is 1. The van der Waals surface area contributed by atoms with Gasteiger partial charge in [0.15, 0.2) is 0 Å². The first-order valence-corrected chi connectivity index (χ1v) is 18.6. The van der Waals surface area contributed by atoms with Crippen LogP contribution in [0, 0.1) is 6.92 Å². The van der Waals surface area contributed by atoms with Crippen molar-refractivity contribution < 1.29 is 22.7 Å². The van der Waals surface area contributed by atoms with Gasteiger partial charge in [-0.15, -0.1) is 0 Å². The van der Waals surface area contributed by atoms with Crippen LogP contribution in [0.2, 0.25) is 10.0 Å². The third kappa shape index (κ3) is 9.15. The number of carbonyl (C=O) groups is 2. The molecular formula is C38H41Cl2N3O5S. The minimum absolute atomic E-state index is 0.0140. The van der Waals surface area contributed by atoms with Crippen molar-refractivity contribution in [2.24, 2.45) is 0 Å². The largest absolute Gasteiger partial charge is 0.497 e. The molecule has 1 aliphatic carbocycles. The highest BCUT2D eigenvalue weighted by Crippen LogP contribution is 2.30. The Balaban J connectivity index is 1.58. The Kier molecular flexibility index (Phi) is 12.3. The zero-order valence-electron chi connectivity index (χ0n) is 27.6. The van der Waals surface area contributed by atoms with Crippen LogP contribution in [0.1, 0.15) is 48.8 Å². The van der Waals surface area contributed by atoms with Gasteiger partial charge in [-0.3, -0.25) is 13.9 Å². The van der Waals surface area contributed by atoms with Gasteiger partial charge in [-0.25, -0.2) is 8.42 Å². The fourth-order valence-corrected chi connectivity index (χ4v) is 8.00. The van der Waals surface area contributed by atoms with Gasteiger partial charge >= 0.3 is 0 Å². The van der Waals surface area contributed by atoms with E-state index in [0.717, 1.165) is 47.5 Å². The standard InChI is InChI=1S/C38H41Cl2N3O5S/c1-27-16-18-30(19-17-27)43(49(46,47)32-22-20-31(48-2)21-23-32)26-37(44)42(25-33-34(39)14-9-15-35(33)40)36(24-28-10-5-3-6-11-28)38(45)41-29-12-7-4-8-13-29/h3,5-6,9-11,14-23,29,36H,4,7-8,12-13,24-26H2,1-2H3,(H,41,45)/t36-/m0/s1. The summed E-state index contributed by atoms with van der Waals surface area (Å²) in [5, 5.41) is 3.87. The molecular weight excluding hydrogens is 681 g/mol. The number of anilines is 1. The molecule has 1 aliphatic rings. The van der Waals surface area contributed by atoms with Gasteiger partial charge in [0.2, 0.25) is 11.8 Å². The molecule has 1 saturated carbocycles. The fraction of sp³-hybridized carbons (Fsp3) is 0.316. The van der Waals surface area contributed by atoms with E-state index in [9.17, 15) is 18.0 Å². The second kappa shape index (κ2) is 16.6. The lowest BCUT2D eigenvalue weighted by Gasteiger charge is -2.35. The quantitative estimate of drug-likeness (QED) is 0.154. The number of benzene rings is 4. The predicted molar refractivity (Wildman–Crippen MR) is 195 cm³/mol. The highest BCUT2D eigenvalue weighted by Gasteiger charge is 2.36. The first-order valence-electron chi connectivity index (χ1n) is 16.4. The van der Waals surface area contributed by atoms with Crippen LogP contribution in [-0.4, -0.2) is 50.9 Å². The van der Waals surface area contributed by atoms with E-state index in [4.69, 9.17) is 27.9 Å². The van der Waals surface area contributed by atoms with E-state index < -0.39 is 28.5 Å². The summed E-state index contributed by atoms with van der Waals surface area (Å²) in [6, 6.07) is 26.4. The molecule has 1 fully saturated rings. The molecule has 0 unspecified atom stereocenters. The summed E-state index contributed by atoms with van der Waals surface area (Å²) in [5.41, 5.74) is 2.53. The maximum Gasteiger partial charge on any atom is 0.264 e. The molecule has 0 bridgehead atoms. The SMILES string of the molecule is COc1ccc(S(=O)(=O)N(CC(=O)N(Cc2c(Cl)cccc2Cl)[C@@H](Cc2ccccc2)C(=O)NC2CCCCC2)c2ccc(C)cc2)cc1. The topological polar surface area (TPSA) is 96.0 Å². The van der Waals surface area contributed by atoms with Gasteiger partial charge in [0, 0.05) is 34.6 Å². The van der Waals surface area contributed by atoms with E-state index in [1.54, 1.807) is 54.6 Å². The van der Waals surface area contributed by atoms with Crippen molar-refractivity contribution in [1.82, 2.24) is 10.2 Å². The Morgan fingerprint density at radius 3 is 2.10 bits per heavy atom. The van der Waals surface area contributed by atoms with E-state index in [0.29, 0.717) is 27.0 Å². The second-order valence-electron chi connectivity index (χ2n) is 12.3. The molecule has 11 heteroatoms. The molecule has 0 radical (unpaired) electrons. The van der Waals surface area contributed by atoms with Crippen LogP contribution >= 0.6 is 23.2 Å². The number of rotatable bonds is 13. The molecule has 1 N–H and O–H groups in total. The van der Waals surface area contributed by atoms with Crippen LogP contribution in [0.3, 0.4) is 0 Å². The first kappa shape index (κ1) is 36.2. The number of hydrogen-bond acceptors (Lipinski definition) is 5. The number of halogens is 2. The highest BCUT2D eigenvalue weighted by atomic mass is 35.5. The molecule has 258 valence electrons. The van der Waals surface area contributed by atoms with Gasteiger partial charge < -0.3 is 15.0 Å². The van der Waals surface area contributed by atoms with Gasteiger partial charge in [0.25, 0.3) is 10.0 Å². The highest BCUT2D eigenvalue weighted by molar-refractivity contribution is 7.92. The molecule has 0 spiro atoms. The van der Waals surface area contributed by atoms with Gasteiger partial charge in [0.05, 0.1) is 17.7 Å². The number of ether oxygens (including phenoxy) is 1. The van der Waals surface area contributed by atoms with Gasteiger partial charge in [-0.05, 0) is 73.9 Å². The lowest BCUT2D eigenvalue weighted by molar-refractivity contribution is -0.140. The lowest BCUT2D eigenvalue weighted by atomic mass is 9.94. The van der Waals surface area contributed by atoms with Crippen LogP contribution in [0.25, 0.3) is 0 Å².